The van der Waals surface area contributed by atoms with Gasteiger partial charge in [-0.05, 0) is 18.4 Å². The normalized spacial score (nSPS) is 10.9. The minimum absolute atomic E-state index is 0.102. The summed E-state index contributed by atoms with van der Waals surface area (Å²) in [6.07, 6.45) is 5.87. The van der Waals surface area contributed by atoms with Crippen molar-refractivity contribution in [3.63, 3.8) is 0 Å². The van der Waals surface area contributed by atoms with E-state index in [-0.39, 0.29) is 13.2 Å². The molecule has 0 aliphatic rings. The van der Waals surface area contributed by atoms with Gasteiger partial charge in [0, 0.05) is 6.42 Å². The summed E-state index contributed by atoms with van der Waals surface area (Å²) in [6, 6.07) is 8.35. The third-order valence-corrected chi connectivity index (χ3v) is 3.24. The fourth-order valence-electron chi connectivity index (χ4n) is 1.97. The molecule has 1 rings (SSSR count). The highest BCUT2D eigenvalue weighted by atomic mass is 16.5. The smallest absolute Gasteiger partial charge is 0.407 e. The number of alkyl carbamates (subject to hydrolysis) is 1. The molecule has 0 spiro atoms. The Morgan fingerprint density at radius 3 is 2.60 bits per heavy atom. The summed E-state index contributed by atoms with van der Waals surface area (Å²) in [4.78, 5) is 35.1. The number of rotatable bonds is 9. The van der Waals surface area contributed by atoms with E-state index < -0.39 is 24.0 Å². The molecule has 25 heavy (non-hydrogen) atoms. The first kappa shape index (κ1) is 20.0. The number of unbranched alkanes of at least 4 members (excludes halogenated alkanes) is 1. The Balaban J connectivity index is 2.34. The predicted molar refractivity (Wildman–Crippen MR) is 91.3 cm³/mol. The Bertz CT molecular complexity index is 610. The van der Waals surface area contributed by atoms with Crippen molar-refractivity contribution in [2.24, 2.45) is 0 Å². The Morgan fingerprint density at radius 1 is 1.24 bits per heavy atom. The number of carbonyl (C=O) groups excluding carboxylic acids is 3. The Morgan fingerprint density at radius 2 is 1.96 bits per heavy atom. The van der Waals surface area contributed by atoms with Gasteiger partial charge in [0.05, 0.1) is 7.11 Å². The van der Waals surface area contributed by atoms with Crippen LogP contribution in [0, 0.1) is 12.3 Å². The quantitative estimate of drug-likeness (QED) is 0.400. The molecule has 0 fully saturated rings. The van der Waals surface area contributed by atoms with Gasteiger partial charge in [-0.3, -0.25) is 4.79 Å². The van der Waals surface area contributed by atoms with Crippen molar-refractivity contribution in [3.8, 4) is 12.3 Å². The van der Waals surface area contributed by atoms with Crippen LogP contribution in [0.2, 0.25) is 0 Å². The predicted octanol–water partition coefficient (Wildman–Crippen LogP) is 1.37. The van der Waals surface area contributed by atoms with Gasteiger partial charge in [-0.2, -0.15) is 0 Å². The van der Waals surface area contributed by atoms with Crippen LogP contribution in [0.4, 0.5) is 4.79 Å². The van der Waals surface area contributed by atoms with Crippen LogP contribution in [0.25, 0.3) is 0 Å². The van der Waals surface area contributed by atoms with Crippen LogP contribution < -0.4 is 10.6 Å². The first-order valence-corrected chi connectivity index (χ1v) is 7.82. The summed E-state index contributed by atoms with van der Waals surface area (Å²) < 4.78 is 9.63. The molecule has 0 radical (unpaired) electrons. The average molecular weight is 346 g/mol. The van der Waals surface area contributed by atoms with Gasteiger partial charge < -0.3 is 20.1 Å². The van der Waals surface area contributed by atoms with Crippen molar-refractivity contribution in [1.82, 2.24) is 10.6 Å². The fraction of sp³-hybridized carbons (Fsp3) is 0.389. The van der Waals surface area contributed by atoms with Crippen molar-refractivity contribution in [1.29, 1.82) is 0 Å². The van der Waals surface area contributed by atoms with Crippen LogP contribution in [0.15, 0.2) is 30.3 Å². The van der Waals surface area contributed by atoms with Gasteiger partial charge in [-0.15, -0.1) is 12.3 Å². The lowest BCUT2D eigenvalue weighted by atomic mass is 10.1. The molecule has 2 amide bonds. The van der Waals surface area contributed by atoms with Gasteiger partial charge in [-0.25, -0.2) is 9.59 Å². The lowest BCUT2D eigenvalue weighted by Crippen LogP contribution is -2.46. The second-order valence-electron chi connectivity index (χ2n) is 5.15. The van der Waals surface area contributed by atoms with E-state index in [0.29, 0.717) is 19.3 Å². The third kappa shape index (κ3) is 8.42. The standard InChI is InChI=1S/C18H22N2O5/c1-3-4-6-11-15(17(22)24-2)20-16(21)12-19-18(23)25-13-14-9-7-5-8-10-14/h1,5,7-10,15H,4,6,11-13H2,2H3,(H,19,23)(H,20,21)/t15-/m0/s1. The summed E-state index contributed by atoms with van der Waals surface area (Å²) in [6.45, 7) is -0.207. The molecule has 0 heterocycles. The van der Waals surface area contributed by atoms with E-state index in [1.807, 2.05) is 30.3 Å². The number of amides is 2. The zero-order valence-corrected chi connectivity index (χ0v) is 14.1. The van der Waals surface area contributed by atoms with Gasteiger partial charge >= 0.3 is 12.1 Å². The lowest BCUT2D eigenvalue weighted by Gasteiger charge is -2.16. The van der Waals surface area contributed by atoms with E-state index in [1.54, 1.807) is 0 Å². The molecule has 0 aliphatic heterocycles. The molecule has 0 aliphatic carbocycles. The number of ether oxygens (including phenoxy) is 2. The summed E-state index contributed by atoms with van der Waals surface area (Å²) >= 11 is 0. The lowest BCUT2D eigenvalue weighted by molar-refractivity contribution is -0.145. The second kappa shape index (κ2) is 11.5. The number of hydrogen-bond donors (Lipinski definition) is 2. The van der Waals surface area contributed by atoms with Crippen molar-refractivity contribution < 1.29 is 23.9 Å². The van der Waals surface area contributed by atoms with E-state index in [9.17, 15) is 14.4 Å². The fourth-order valence-corrected chi connectivity index (χ4v) is 1.97. The zero-order chi connectivity index (χ0) is 18.5. The van der Waals surface area contributed by atoms with Crippen LogP contribution in [0.5, 0.6) is 0 Å². The number of hydrogen-bond acceptors (Lipinski definition) is 5. The Hall–Kier alpha value is -3.01. The highest BCUT2D eigenvalue weighted by Gasteiger charge is 2.21. The van der Waals surface area contributed by atoms with Gasteiger partial charge in [0.1, 0.15) is 19.2 Å². The molecule has 7 heteroatoms. The maximum atomic E-state index is 11.9. The van der Waals surface area contributed by atoms with Gasteiger partial charge in [0.25, 0.3) is 0 Å². The molecule has 0 bridgehead atoms. The van der Waals surface area contributed by atoms with Crippen LogP contribution in [-0.4, -0.2) is 37.7 Å². The van der Waals surface area contributed by atoms with Crippen molar-refractivity contribution in [2.75, 3.05) is 13.7 Å². The van der Waals surface area contributed by atoms with Crippen molar-refractivity contribution >= 4 is 18.0 Å². The first-order chi connectivity index (χ1) is 12.1. The summed E-state index contributed by atoms with van der Waals surface area (Å²) in [5.74, 6) is 1.38. The molecule has 1 atom stereocenters. The topological polar surface area (TPSA) is 93.7 Å². The van der Waals surface area contributed by atoms with Gasteiger partial charge in [-0.1, -0.05) is 30.3 Å². The monoisotopic (exact) mass is 346 g/mol. The van der Waals surface area contributed by atoms with Crippen molar-refractivity contribution in [3.05, 3.63) is 35.9 Å². The van der Waals surface area contributed by atoms with Gasteiger partial charge in [0.15, 0.2) is 0 Å². The van der Waals surface area contributed by atoms with Crippen LogP contribution in [-0.2, 0) is 25.7 Å². The maximum Gasteiger partial charge on any atom is 0.407 e. The van der Waals surface area contributed by atoms with E-state index in [4.69, 9.17) is 11.2 Å². The minimum atomic E-state index is -0.798. The van der Waals surface area contributed by atoms with E-state index in [0.717, 1.165) is 5.56 Å². The largest absolute Gasteiger partial charge is 0.467 e. The summed E-state index contributed by atoms with van der Waals surface area (Å²) in [7, 11) is 1.24. The average Bonchev–Trinajstić information content (AvgIpc) is 2.64. The van der Waals surface area contributed by atoms with E-state index >= 15 is 0 Å². The molecule has 2 N–H and O–H groups in total. The molecular weight excluding hydrogens is 324 g/mol. The molecule has 1 aromatic carbocycles. The highest BCUT2D eigenvalue weighted by molar-refractivity contribution is 5.87. The number of benzene rings is 1. The van der Waals surface area contributed by atoms with Gasteiger partial charge in [0.2, 0.25) is 5.91 Å². The second-order valence-corrected chi connectivity index (χ2v) is 5.15. The molecule has 0 unspecified atom stereocenters. The number of carbonyl (C=O) groups is 3. The Labute approximate surface area is 147 Å². The zero-order valence-electron chi connectivity index (χ0n) is 14.1. The molecule has 134 valence electrons. The summed E-state index contributed by atoms with van der Waals surface area (Å²) in [5, 5.41) is 4.83. The highest BCUT2D eigenvalue weighted by Crippen LogP contribution is 2.03. The molecule has 7 nitrogen and oxygen atoms in total. The SMILES string of the molecule is C#CCCC[C@H](NC(=O)CNC(=O)OCc1ccccc1)C(=O)OC. The molecule has 0 saturated heterocycles. The number of methoxy groups -OCH3 is 1. The van der Waals surface area contributed by atoms with Crippen LogP contribution in [0.1, 0.15) is 24.8 Å². The summed E-state index contributed by atoms with van der Waals surface area (Å²) in [5.41, 5.74) is 0.835. The molecule has 1 aromatic rings. The number of esters is 1. The molecule has 0 aromatic heterocycles. The van der Waals surface area contributed by atoms with E-state index in [2.05, 4.69) is 21.3 Å². The van der Waals surface area contributed by atoms with Crippen LogP contribution >= 0.6 is 0 Å². The first-order valence-electron chi connectivity index (χ1n) is 7.82. The third-order valence-electron chi connectivity index (χ3n) is 3.24. The van der Waals surface area contributed by atoms with Crippen molar-refractivity contribution in [2.45, 2.75) is 31.9 Å². The molecule has 0 saturated carbocycles. The molecular formula is C18H22N2O5. The Kier molecular flexibility index (Phi) is 9.23. The van der Waals surface area contributed by atoms with Crippen LogP contribution in [0.3, 0.4) is 0 Å². The maximum absolute atomic E-state index is 11.9. The minimum Gasteiger partial charge on any atom is -0.467 e. The number of terminal acetylenes is 1. The van der Waals surface area contributed by atoms with E-state index in [1.165, 1.54) is 7.11 Å². The number of nitrogens with one attached hydrogen (secondary N) is 2.